The zero-order chi connectivity index (χ0) is 15.6. The smallest absolute Gasteiger partial charge is 0.314 e. The topological polar surface area (TPSA) is 12.0 Å². The molecule has 1 unspecified atom stereocenters. The van der Waals surface area contributed by atoms with Gasteiger partial charge in [-0.25, -0.2) is 0 Å². The summed E-state index contributed by atoms with van der Waals surface area (Å²) in [5, 5.41) is 2.79. The van der Waals surface area contributed by atoms with Crippen molar-refractivity contribution in [3.8, 4) is 0 Å². The minimum absolute atomic E-state index is 0.110. The van der Waals surface area contributed by atoms with Gasteiger partial charge in [0, 0.05) is 6.04 Å². The molecule has 112 valence electrons. The summed E-state index contributed by atoms with van der Waals surface area (Å²) in [6.07, 6.45) is -6.93. The average Bonchev–Trinajstić information content (AvgIpc) is 2.33. The van der Waals surface area contributed by atoms with E-state index >= 15 is 0 Å². The van der Waals surface area contributed by atoms with E-state index in [9.17, 15) is 26.3 Å². The van der Waals surface area contributed by atoms with Gasteiger partial charge in [-0.2, -0.15) is 26.3 Å². The third-order valence-corrected chi connectivity index (χ3v) is 2.64. The van der Waals surface area contributed by atoms with Gasteiger partial charge in [0.05, 0.1) is 11.1 Å². The van der Waals surface area contributed by atoms with Gasteiger partial charge in [0.15, 0.2) is 0 Å². The van der Waals surface area contributed by atoms with Crippen LogP contribution in [0.25, 0.3) is 6.08 Å². The Kier molecular flexibility index (Phi) is 4.86. The fraction of sp³-hybridized carbons (Fsp3) is 0.385. The van der Waals surface area contributed by atoms with Gasteiger partial charge < -0.3 is 5.32 Å². The van der Waals surface area contributed by atoms with E-state index in [2.05, 4.69) is 5.32 Å². The summed E-state index contributed by atoms with van der Waals surface area (Å²) in [6.45, 7) is 1.72. The van der Waals surface area contributed by atoms with E-state index < -0.39 is 23.5 Å². The maximum Gasteiger partial charge on any atom is 0.416 e. The van der Waals surface area contributed by atoms with Crippen molar-refractivity contribution in [3.05, 3.63) is 41.0 Å². The van der Waals surface area contributed by atoms with Crippen molar-refractivity contribution in [2.75, 3.05) is 7.05 Å². The Labute approximate surface area is 112 Å². The lowest BCUT2D eigenvalue weighted by Crippen LogP contribution is -2.17. The van der Waals surface area contributed by atoms with Crippen LogP contribution in [0.3, 0.4) is 0 Å². The van der Waals surface area contributed by atoms with E-state index in [1.807, 2.05) is 0 Å². The van der Waals surface area contributed by atoms with Crippen molar-refractivity contribution >= 4 is 6.08 Å². The second kappa shape index (κ2) is 5.87. The van der Waals surface area contributed by atoms with Crippen molar-refractivity contribution < 1.29 is 26.3 Å². The SMILES string of the molecule is CNC(C)/C=C/c1cc(C(F)(F)F)cc(C(F)(F)F)c1. The number of hydrogen-bond donors (Lipinski definition) is 1. The molecule has 0 amide bonds. The molecular formula is C13H13F6N. The third kappa shape index (κ3) is 4.56. The first-order valence-electron chi connectivity index (χ1n) is 5.69. The van der Waals surface area contributed by atoms with Crippen LogP contribution in [0.1, 0.15) is 23.6 Å². The van der Waals surface area contributed by atoms with E-state index in [-0.39, 0.29) is 17.7 Å². The Morgan fingerprint density at radius 3 is 1.75 bits per heavy atom. The molecule has 0 saturated heterocycles. The summed E-state index contributed by atoms with van der Waals surface area (Å²) in [5.41, 5.74) is -2.78. The summed E-state index contributed by atoms with van der Waals surface area (Å²) in [4.78, 5) is 0. The van der Waals surface area contributed by atoms with Gasteiger partial charge in [-0.3, -0.25) is 0 Å². The van der Waals surface area contributed by atoms with Gasteiger partial charge in [0.2, 0.25) is 0 Å². The Hall–Kier alpha value is -1.50. The highest BCUT2D eigenvalue weighted by Crippen LogP contribution is 2.36. The number of hydrogen-bond acceptors (Lipinski definition) is 1. The van der Waals surface area contributed by atoms with Gasteiger partial charge in [0.1, 0.15) is 0 Å². The first kappa shape index (κ1) is 16.6. The molecule has 0 aliphatic rings. The fourth-order valence-corrected chi connectivity index (χ4v) is 1.43. The second-order valence-electron chi connectivity index (χ2n) is 4.28. The first-order chi connectivity index (χ1) is 9.04. The van der Waals surface area contributed by atoms with Crippen LogP contribution in [0.2, 0.25) is 0 Å². The standard InChI is InChI=1S/C13H13F6N/c1-8(20-2)3-4-9-5-10(12(14,15)16)7-11(6-9)13(17,18)19/h3-8,20H,1-2H3/b4-3+. The van der Waals surface area contributed by atoms with Gasteiger partial charge in [-0.05, 0) is 37.7 Å². The molecule has 1 aromatic carbocycles. The summed E-state index contributed by atoms with van der Waals surface area (Å²) in [7, 11) is 1.63. The molecule has 1 atom stereocenters. The average molecular weight is 297 g/mol. The molecule has 0 aliphatic heterocycles. The van der Waals surface area contributed by atoms with E-state index in [0.717, 1.165) is 0 Å². The number of alkyl halides is 6. The highest BCUT2D eigenvalue weighted by atomic mass is 19.4. The van der Waals surface area contributed by atoms with Crippen molar-refractivity contribution in [1.82, 2.24) is 5.32 Å². The van der Waals surface area contributed by atoms with Crippen LogP contribution < -0.4 is 5.32 Å². The predicted octanol–water partition coefficient (Wildman–Crippen LogP) is 4.35. The lowest BCUT2D eigenvalue weighted by atomic mass is 10.0. The van der Waals surface area contributed by atoms with Crippen molar-refractivity contribution in [2.24, 2.45) is 0 Å². The van der Waals surface area contributed by atoms with E-state index in [4.69, 9.17) is 0 Å². The molecule has 0 aliphatic carbocycles. The normalized spacial score (nSPS) is 14.8. The molecule has 0 spiro atoms. The van der Waals surface area contributed by atoms with Crippen LogP contribution in [0.5, 0.6) is 0 Å². The largest absolute Gasteiger partial charge is 0.416 e. The molecule has 1 aromatic rings. The maximum atomic E-state index is 12.6. The number of rotatable bonds is 3. The van der Waals surface area contributed by atoms with Crippen LogP contribution in [0.4, 0.5) is 26.3 Å². The summed E-state index contributed by atoms with van der Waals surface area (Å²) < 4.78 is 75.6. The first-order valence-corrected chi connectivity index (χ1v) is 5.69. The van der Waals surface area contributed by atoms with E-state index in [1.165, 1.54) is 12.2 Å². The van der Waals surface area contributed by atoms with Gasteiger partial charge >= 0.3 is 12.4 Å². The zero-order valence-electron chi connectivity index (χ0n) is 10.7. The monoisotopic (exact) mass is 297 g/mol. The maximum absolute atomic E-state index is 12.6. The molecular weight excluding hydrogens is 284 g/mol. The van der Waals surface area contributed by atoms with Crippen LogP contribution in [0, 0.1) is 0 Å². The van der Waals surface area contributed by atoms with Crippen LogP contribution in [-0.2, 0) is 12.4 Å². The molecule has 0 fully saturated rings. The lowest BCUT2D eigenvalue weighted by Gasteiger charge is -2.13. The molecule has 0 bridgehead atoms. The van der Waals surface area contributed by atoms with E-state index in [0.29, 0.717) is 12.1 Å². The second-order valence-corrected chi connectivity index (χ2v) is 4.28. The molecule has 0 heterocycles. The molecule has 20 heavy (non-hydrogen) atoms. The summed E-state index contributed by atoms with van der Waals surface area (Å²) in [5.74, 6) is 0. The van der Waals surface area contributed by atoms with Crippen LogP contribution >= 0.6 is 0 Å². The number of benzene rings is 1. The van der Waals surface area contributed by atoms with Crippen molar-refractivity contribution in [3.63, 3.8) is 0 Å². The summed E-state index contributed by atoms with van der Waals surface area (Å²) in [6, 6.07) is 1.32. The predicted molar refractivity (Wildman–Crippen MR) is 64.0 cm³/mol. The third-order valence-electron chi connectivity index (χ3n) is 2.64. The van der Waals surface area contributed by atoms with Crippen molar-refractivity contribution in [2.45, 2.75) is 25.3 Å². The molecule has 0 radical (unpaired) electrons. The Balaban J connectivity index is 3.28. The fourth-order valence-electron chi connectivity index (χ4n) is 1.43. The van der Waals surface area contributed by atoms with E-state index in [1.54, 1.807) is 14.0 Å². The zero-order valence-corrected chi connectivity index (χ0v) is 10.7. The molecule has 1 N–H and O–H groups in total. The van der Waals surface area contributed by atoms with Gasteiger partial charge in [0.25, 0.3) is 0 Å². The number of halogens is 6. The van der Waals surface area contributed by atoms with Gasteiger partial charge in [-0.15, -0.1) is 0 Å². The number of likely N-dealkylation sites (N-methyl/N-ethyl adjacent to an activating group) is 1. The minimum atomic E-state index is -4.82. The van der Waals surface area contributed by atoms with Crippen molar-refractivity contribution in [1.29, 1.82) is 0 Å². The van der Waals surface area contributed by atoms with Crippen LogP contribution in [0.15, 0.2) is 24.3 Å². The highest BCUT2D eigenvalue weighted by Gasteiger charge is 2.36. The Morgan fingerprint density at radius 1 is 0.950 bits per heavy atom. The molecule has 1 rings (SSSR count). The molecule has 7 heteroatoms. The number of nitrogens with one attached hydrogen (secondary N) is 1. The molecule has 1 nitrogen and oxygen atoms in total. The molecule has 0 saturated carbocycles. The highest BCUT2D eigenvalue weighted by molar-refractivity contribution is 5.53. The van der Waals surface area contributed by atoms with Crippen LogP contribution in [-0.4, -0.2) is 13.1 Å². The quantitative estimate of drug-likeness (QED) is 0.818. The van der Waals surface area contributed by atoms with Gasteiger partial charge in [-0.1, -0.05) is 12.2 Å². The lowest BCUT2D eigenvalue weighted by molar-refractivity contribution is -0.143. The minimum Gasteiger partial charge on any atom is -0.314 e. The Bertz CT molecular complexity index is 454. The summed E-state index contributed by atoms with van der Waals surface area (Å²) >= 11 is 0. The molecule has 0 aromatic heterocycles. The Morgan fingerprint density at radius 2 is 1.40 bits per heavy atom.